The van der Waals surface area contributed by atoms with Crippen LogP contribution in [0.3, 0.4) is 0 Å². The van der Waals surface area contributed by atoms with E-state index >= 15 is 0 Å². The maximum absolute atomic E-state index is 11.8. The summed E-state index contributed by atoms with van der Waals surface area (Å²) in [7, 11) is 0. The van der Waals surface area contributed by atoms with Gasteiger partial charge in [-0.05, 0) is 0 Å². The van der Waals surface area contributed by atoms with Crippen molar-refractivity contribution in [3.63, 3.8) is 0 Å². The molecule has 2 rings (SSSR count). The second-order valence-corrected chi connectivity index (χ2v) is 5.35. The third-order valence-electron chi connectivity index (χ3n) is 2.18. The minimum atomic E-state index is -1.14. The zero-order chi connectivity index (χ0) is 12.6. The van der Waals surface area contributed by atoms with E-state index in [1.807, 2.05) is 0 Å². The van der Waals surface area contributed by atoms with E-state index in [-0.39, 0.29) is 15.8 Å². The first kappa shape index (κ1) is 11.6. The van der Waals surface area contributed by atoms with E-state index in [1.165, 1.54) is 18.2 Å². The summed E-state index contributed by atoms with van der Waals surface area (Å²) in [5.41, 5.74) is 5.56. The molecule has 0 aliphatic rings. The van der Waals surface area contributed by atoms with Crippen LogP contribution < -0.4 is 5.73 Å². The molecule has 88 valence electrons. The Balaban J connectivity index is 2.66. The van der Waals surface area contributed by atoms with Gasteiger partial charge in [-0.1, -0.05) is 0 Å². The van der Waals surface area contributed by atoms with Gasteiger partial charge in [0, 0.05) is 0 Å². The Bertz CT molecular complexity index is 625. The van der Waals surface area contributed by atoms with Crippen molar-refractivity contribution in [2.24, 2.45) is 0 Å². The third kappa shape index (κ3) is 1.88. The van der Waals surface area contributed by atoms with Crippen LogP contribution in [0.2, 0.25) is 0 Å². The molecule has 0 atom stereocenters. The molecule has 0 unspecified atom stereocenters. The molecule has 2 aromatic rings. The molecule has 0 fully saturated rings. The monoisotopic (exact) mass is 304 g/mol. The number of nitrogens with two attached hydrogens (primary N) is 1. The summed E-state index contributed by atoms with van der Waals surface area (Å²) in [6, 6.07) is 4.10. The van der Waals surface area contributed by atoms with Crippen molar-refractivity contribution >= 4 is 41.5 Å². The third-order valence-corrected chi connectivity index (χ3v) is 4.62. The number of non-ortho nitro benzene ring substituents is 1. The van der Waals surface area contributed by atoms with Crippen molar-refractivity contribution in [3.8, 4) is 0 Å². The summed E-state index contributed by atoms with van der Waals surface area (Å²) in [5.74, 6) is -1.14. The molecule has 0 aliphatic carbocycles. The molecule has 0 radical (unpaired) electrons. The van der Waals surface area contributed by atoms with E-state index in [2.05, 4.69) is 4.94 Å². The van der Waals surface area contributed by atoms with Gasteiger partial charge in [0.15, 0.2) is 0 Å². The van der Waals surface area contributed by atoms with Crippen LogP contribution in [0.15, 0.2) is 18.2 Å². The van der Waals surface area contributed by atoms with Gasteiger partial charge in [-0.2, -0.15) is 0 Å². The molecule has 0 saturated carbocycles. The number of carbonyl (C=O) groups excluding carboxylic acids is 1. The Morgan fingerprint density at radius 1 is 1.53 bits per heavy atom. The molecule has 0 saturated heterocycles. The Morgan fingerprint density at radius 2 is 2.24 bits per heavy atom. The van der Waals surface area contributed by atoms with Gasteiger partial charge in [-0.3, -0.25) is 0 Å². The molecule has 8 heteroatoms. The van der Waals surface area contributed by atoms with Crippen LogP contribution in [0, 0.1) is 10.1 Å². The second-order valence-electron chi connectivity index (χ2n) is 3.15. The van der Waals surface area contributed by atoms with Crippen molar-refractivity contribution in [2.45, 2.75) is 0 Å². The Kier molecular flexibility index (Phi) is 2.83. The first-order valence-corrected chi connectivity index (χ1v) is 6.05. The van der Waals surface area contributed by atoms with Crippen molar-refractivity contribution in [3.05, 3.63) is 32.8 Å². The molecular weight excluding hydrogens is 298 g/mol. The molecule has 2 N–H and O–H groups in total. The molecular formula is C9H5FN2O4Se. The predicted octanol–water partition coefficient (Wildman–Crippen LogP) is 1.43. The fourth-order valence-electron chi connectivity index (χ4n) is 1.40. The number of nitro benzene ring substituents is 1. The fourth-order valence-corrected chi connectivity index (χ4v) is 3.44. The van der Waals surface area contributed by atoms with Gasteiger partial charge >= 0.3 is 99.2 Å². The molecule has 17 heavy (non-hydrogen) atoms. The van der Waals surface area contributed by atoms with E-state index in [4.69, 9.17) is 5.73 Å². The average molecular weight is 303 g/mol. The van der Waals surface area contributed by atoms with Crippen LogP contribution >= 0.6 is 0 Å². The van der Waals surface area contributed by atoms with E-state index in [0.29, 0.717) is 9.65 Å². The van der Waals surface area contributed by atoms with Gasteiger partial charge in [0.25, 0.3) is 0 Å². The molecule has 1 aromatic heterocycles. The van der Waals surface area contributed by atoms with E-state index in [1.54, 1.807) is 0 Å². The van der Waals surface area contributed by atoms with Crippen molar-refractivity contribution in [1.29, 1.82) is 0 Å². The summed E-state index contributed by atoms with van der Waals surface area (Å²) < 4.78 is 12.5. The van der Waals surface area contributed by atoms with Gasteiger partial charge in [0.2, 0.25) is 0 Å². The zero-order valence-electron chi connectivity index (χ0n) is 8.18. The number of carbonyl (C=O) groups is 1. The number of hydrogen-bond acceptors (Lipinski definition) is 5. The molecule has 0 bridgehead atoms. The van der Waals surface area contributed by atoms with Crippen molar-refractivity contribution in [1.82, 2.24) is 0 Å². The van der Waals surface area contributed by atoms with Crippen LogP contribution in [0.1, 0.15) is 9.23 Å². The predicted molar refractivity (Wildman–Crippen MR) is 58.5 cm³/mol. The van der Waals surface area contributed by atoms with Gasteiger partial charge < -0.3 is 0 Å². The SMILES string of the molecule is Nc1c(C(=O)OF)[se]c2ccc([N+](=O)[O-])cc12. The number of halogens is 1. The number of benzene rings is 1. The summed E-state index contributed by atoms with van der Waals surface area (Å²) in [6.45, 7) is 0. The number of fused-ring (bicyclic) bond motifs is 1. The van der Waals surface area contributed by atoms with Crippen LogP contribution in [0.5, 0.6) is 0 Å². The Hall–Kier alpha value is -1.92. The zero-order valence-corrected chi connectivity index (χ0v) is 9.89. The molecule has 0 amide bonds. The number of hydrogen-bond donors (Lipinski definition) is 1. The molecule has 1 heterocycles. The van der Waals surface area contributed by atoms with Gasteiger partial charge in [0.05, 0.1) is 0 Å². The fraction of sp³-hybridized carbons (Fsp3) is 0. The van der Waals surface area contributed by atoms with Crippen LogP contribution in [0.4, 0.5) is 15.9 Å². The van der Waals surface area contributed by atoms with Gasteiger partial charge in [-0.25, -0.2) is 0 Å². The molecule has 0 aliphatic heterocycles. The normalized spacial score (nSPS) is 10.4. The first-order chi connectivity index (χ1) is 8.04. The van der Waals surface area contributed by atoms with Crippen LogP contribution in [-0.2, 0) is 4.94 Å². The number of nitrogens with zero attached hydrogens (tertiary/aromatic N) is 1. The number of anilines is 1. The number of nitrogen functional groups attached to an aromatic ring is 1. The van der Waals surface area contributed by atoms with E-state index in [9.17, 15) is 19.4 Å². The first-order valence-electron chi connectivity index (χ1n) is 4.34. The maximum atomic E-state index is 11.8. The molecule has 0 spiro atoms. The topological polar surface area (TPSA) is 95.5 Å². The van der Waals surface area contributed by atoms with Gasteiger partial charge in [0.1, 0.15) is 0 Å². The Labute approximate surface area is 99.6 Å². The summed E-state index contributed by atoms with van der Waals surface area (Å²) >= 11 is -0.488. The summed E-state index contributed by atoms with van der Waals surface area (Å²) in [4.78, 5) is 24.2. The van der Waals surface area contributed by atoms with Crippen LogP contribution in [-0.4, -0.2) is 25.4 Å². The quantitative estimate of drug-likeness (QED) is 0.514. The molecule has 1 aromatic carbocycles. The number of nitro groups is 1. The van der Waals surface area contributed by atoms with Crippen LogP contribution in [0.25, 0.3) is 9.65 Å². The minimum absolute atomic E-state index is 0.0375. The Morgan fingerprint density at radius 3 is 2.82 bits per heavy atom. The average Bonchev–Trinajstić information content (AvgIpc) is 2.65. The second kappa shape index (κ2) is 4.15. The summed E-state index contributed by atoms with van der Waals surface area (Å²) in [5, 5.41) is 11.0. The van der Waals surface area contributed by atoms with E-state index < -0.39 is 25.4 Å². The number of rotatable bonds is 2. The summed E-state index contributed by atoms with van der Waals surface area (Å²) in [6.07, 6.45) is 0. The van der Waals surface area contributed by atoms with Crippen molar-refractivity contribution < 1.29 is 19.2 Å². The standard InChI is InChI=1S/C9H5FN2O4Se/c10-16-9(13)8-7(11)5-3-4(12(14)15)1-2-6(5)17-8/h1-3H,11H2. The van der Waals surface area contributed by atoms with E-state index in [0.717, 1.165) is 0 Å². The van der Waals surface area contributed by atoms with Crippen molar-refractivity contribution in [2.75, 3.05) is 5.73 Å². The molecule has 6 nitrogen and oxygen atoms in total. The van der Waals surface area contributed by atoms with Gasteiger partial charge in [-0.15, -0.1) is 0 Å².